The molecule has 0 saturated heterocycles. The smallest absolute Gasteiger partial charge is 0.407 e. The van der Waals surface area contributed by atoms with Crippen molar-refractivity contribution in [3.63, 3.8) is 0 Å². The number of likely N-dealkylation sites (N-methyl/N-ethyl adjacent to an activating group) is 1. The molecule has 2 aromatic rings. The van der Waals surface area contributed by atoms with Gasteiger partial charge in [-0.15, -0.1) is 0 Å². The average molecular weight is 643 g/mol. The summed E-state index contributed by atoms with van der Waals surface area (Å²) < 4.78 is 106. The molecule has 0 aliphatic heterocycles. The number of methoxy groups -OCH3 is 1. The Labute approximate surface area is 248 Å². The normalized spacial score (nSPS) is 13.5. The lowest BCUT2D eigenvalue weighted by molar-refractivity contribution is -0.220. The van der Waals surface area contributed by atoms with Gasteiger partial charge in [0.25, 0.3) is 0 Å². The van der Waals surface area contributed by atoms with E-state index >= 15 is 0 Å². The number of hydrogen-bond acceptors (Lipinski definition) is 8. The third kappa shape index (κ3) is 9.80. The topological polar surface area (TPSA) is 127 Å². The molecule has 0 aliphatic carbocycles. The Morgan fingerprint density at radius 1 is 1.07 bits per heavy atom. The van der Waals surface area contributed by atoms with Gasteiger partial charge in [0, 0.05) is 30.4 Å². The minimum atomic E-state index is -4.93. The van der Waals surface area contributed by atoms with E-state index in [0.717, 1.165) is 31.5 Å². The van der Waals surface area contributed by atoms with Crippen molar-refractivity contribution in [2.75, 3.05) is 40.8 Å². The Balaban J connectivity index is 2.17. The molecule has 1 heterocycles. The van der Waals surface area contributed by atoms with Crippen LogP contribution in [-0.4, -0.2) is 91.8 Å². The summed E-state index contributed by atoms with van der Waals surface area (Å²) in [6.45, 7) is -3.09. The third-order valence-electron chi connectivity index (χ3n) is 6.33. The van der Waals surface area contributed by atoms with Gasteiger partial charge >= 0.3 is 24.8 Å². The van der Waals surface area contributed by atoms with Crippen LogP contribution in [0.4, 0.5) is 35.5 Å². The highest BCUT2D eigenvalue weighted by Crippen LogP contribution is 2.40. The van der Waals surface area contributed by atoms with Crippen LogP contribution >= 0.6 is 0 Å². The number of hydrogen-bond donors (Lipinski definition) is 3. The van der Waals surface area contributed by atoms with Crippen LogP contribution in [0.1, 0.15) is 26.0 Å². The lowest BCUT2D eigenvalue weighted by Crippen LogP contribution is -2.60. The SMILES string of the molecule is COC(=O)NC(C(=O)NC[C@H](CNCc1c(F)cc(-c2ccn(C(F)F)n2)cc1F)OC(=O)CN(C)C)C(C)(C)C(F)(F)F. The maximum Gasteiger partial charge on any atom is 0.407 e. The van der Waals surface area contributed by atoms with Crippen LogP contribution in [0.25, 0.3) is 11.3 Å². The lowest BCUT2D eigenvalue weighted by atomic mass is 9.83. The van der Waals surface area contributed by atoms with Crippen molar-refractivity contribution < 1.29 is 54.6 Å². The summed E-state index contributed by atoms with van der Waals surface area (Å²) in [5.41, 5.74) is -3.41. The maximum absolute atomic E-state index is 14.8. The minimum Gasteiger partial charge on any atom is -0.458 e. The van der Waals surface area contributed by atoms with Gasteiger partial charge in [0.1, 0.15) is 23.8 Å². The first-order valence-electron chi connectivity index (χ1n) is 12.9. The number of benzene rings is 1. The molecule has 1 aromatic carbocycles. The van der Waals surface area contributed by atoms with Gasteiger partial charge < -0.3 is 25.4 Å². The molecule has 2 atom stereocenters. The van der Waals surface area contributed by atoms with Crippen LogP contribution in [0.15, 0.2) is 24.4 Å². The number of carbonyl (C=O) groups is 3. The number of alkyl halides is 5. The van der Waals surface area contributed by atoms with Crippen molar-refractivity contribution in [2.45, 2.75) is 45.3 Å². The van der Waals surface area contributed by atoms with E-state index in [9.17, 15) is 45.1 Å². The first kappa shape index (κ1) is 36.3. The van der Waals surface area contributed by atoms with Gasteiger partial charge in [-0.05, 0) is 46.1 Å². The van der Waals surface area contributed by atoms with Crippen molar-refractivity contribution >= 4 is 18.0 Å². The molecule has 3 N–H and O–H groups in total. The molecular formula is C26H33F7N6O5. The molecular weight excluding hydrogens is 609 g/mol. The summed E-state index contributed by atoms with van der Waals surface area (Å²) in [6, 6.07) is 0.795. The van der Waals surface area contributed by atoms with Crippen molar-refractivity contribution in [1.82, 2.24) is 30.6 Å². The zero-order valence-electron chi connectivity index (χ0n) is 24.4. The fourth-order valence-corrected chi connectivity index (χ4v) is 3.75. The van der Waals surface area contributed by atoms with Gasteiger partial charge in [0.2, 0.25) is 5.91 Å². The standard InChI is InChI=1S/C26H33F7N6O5/c1-25(2,26(31,32)33)21(36-24(42)43-5)22(41)35-11-15(44-20(40)13-38(3)4)10-34-12-16-17(27)8-14(9-18(16)28)19-6-7-39(37-19)23(29)30/h6-9,15,21,23,34H,10-13H2,1-5H3,(H,35,41)(H,36,42)/t15-,21?/m0/s1. The van der Waals surface area contributed by atoms with Gasteiger partial charge in [-0.3, -0.25) is 14.5 Å². The lowest BCUT2D eigenvalue weighted by Gasteiger charge is -2.35. The van der Waals surface area contributed by atoms with Gasteiger partial charge in [0.05, 0.1) is 31.3 Å². The van der Waals surface area contributed by atoms with Crippen LogP contribution < -0.4 is 16.0 Å². The molecule has 2 rings (SSSR count). The number of esters is 1. The van der Waals surface area contributed by atoms with Crippen LogP contribution in [0.5, 0.6) is 0 Å². The summed E-state index contributed by atoms with van der Waals surface area (Å²) >= 11 is 0. The number of rotatable bonds is 14. The number of halogens is 7. The predicted octanol–water partition coefficient (Wildman–Crippen LogP) is 3.22. The monoisotopic (exact) mass is 642 g/mol. The van der Waals surface area contributed by atoms with Gasteiger partial charge in [-0.1, -0.05) is 0 Å². The third-order valence-corrected chi connectivity index (χ3v) is 6.33. The van der Waals surface area contributed by atoms with Crippen molar-refractivity contribution in [3.05, 3.63) is 41.6 Å². The van der Waals surface area contributed by atoms with Crippen LogP contribution in [-0.2, 0) is 25.6 Å². The molecule has 0 aliphatic rings. The number of nitrogens with zero attached hydrogens (tertiary/aromatic N) is 3. The van der Waals surface area contributed by atoms with E-state index < -0.39 is 78.5 Å². The highest BCUT2D eigenvalue weighted by Gasteiger charge is 2.55. The number of alkyl carbamates (subject to hydrolysis) is 1. The van der Waals surface area contributed by atoms with E-state index in [1.165, 1.54) is 4.90 Å². The van der Waals surface area contributed by atoms with Crippen molar-refractivity contribution in [1.29, 1.82) is 0 Å². The van der Waals surface area contributed by atoms with Gasteiger partial charge in [0.15, 0.2) is 0 Å². The highest BCUT2D eigenvalue weighted by atomic mass is 19.4. The van der Waals surface area contributed by atoms with E-state index in [1.807, 2.05) is 5.32 Å². The molecule has 1 unspecified atom stereocenters. The summed E-state index contributed by atoms with van der Waals surface area (Å²) in [4.78, 5) is 38.3. The van der Waals surface area contributed by atoms with E-state index in [-0.39, 0.29) is 24.3 Å². The Hall–Kier alpha value is -3.93. The number of ether oxygens (including phenoxy) is 2. The second-order valence-electron chi connectivity index (χ2n) is 10.4. The van der Waals surface area contributed by atoms with E-state index in [4.69, 9.17) is 4.74 Å². The average Bonchev–Trinajstić information content (AvgIpc) is 3.41. The Bertz CT molecular complexity index is 1280. The predicted molar refractivity (Wildman–Crippen MR) is 141 cm³/mol. The first-order chi connectivity index (χ1) is 20.4. The van der Waals surface area contributed by atoms with Crippen LogP contribution in [0.3, 0.4) is 0 Å². The molecule has 0 spiro atoms. The first-order valence-corrected chi connectivity index (χ1v) is 12.9. The van der Waals surface area contributed by atoms with Crippen molar-refractivity contribution in [3.8, 4) is 11.3 Å². The molecule has 18 heteroatoms. The van der Waals surface area contributed by atoms with Crippen molar-refractivity contribution in [2.24, 2.45) is 5.41 Å². The van der Waals surface area contributed by atoms with Crippen LogP contribution in [0, 0.1) is 17.0 Å². The zero-order chi connectivity index (χ0) is 33.4. The molecule has 246 valence electrons. The van der Waals surface area contributed by atoms with Gasteiger partial charge in [-0.2, -0.15) is 27.1 Å². The van der Waals surface area contributed by atoms with E-state index in [1.54, 1.807) is 14.1 Å². The molecule has 44 heavy (non-hydrogen) atoms. The molecule has 2 amide bonds. The molecule has 1 aromatic heterocycles. The maximum atomic E-state index is 14.8. The summed E-state index contributed by atoms with van der Waals surface area (Å²) in [7, 11) is 4.02. The van der Waals surface area contributed by atoms with E-state index in [0.29, 0.717) is 18.5 Å². The molecule has 0 saturated carbocycles. The quantitative estimate of drug-likeness (QED) is 0.212. The molecule has 0 bridgehead atoms. The van der Waals surface area contributed by atoms with Gasteiger partial charge in [-0.25, -0.2) is 18.3 Å². The van der Waals surface area contributed by atoms with Crippen LogP contribution in [0.2, 0.25) is 0 Å². The Kier molecular flexibility index (Phi) is 12.5. The summed E-state index contributed by atoms with van der Waals surface area (Å²) in [6.07, 6.45) is -6.51. The minimum absolute atomic E-state index is 0.0973. The Morgan fingerprint density at radius 3 is 2.18 bits per heavy atom. The zero-order valence-corrected chi connectivity index (χ0v) is 24.4. The number of aromatic nitrogens is 2. The number of amides is 2. The largest absolute Gasteiger partial charge is 0.458 e. The Morgan fingerprint density at radius 2 is 1.68 bits per heavy atom. The second-order valence-corrected chi connectivity index (χ2v) is 10.4. The molecule has 0 fully saturated rings. The number of nitrogens with one attached hydrogen (secondary N) is 3. The summed E-state index contributed by atoms with van der Waals surface area (Å²) in [5, 5.41) is 10.3. The molecule has 11 nitrogen and oxygen atoms in total. The fraction of sp³-hybridized carbons (Fsp3) is 0.538. The van der Waals surface area contributed by atoms with E-state index in [2.05, 4.69) is 20.5 Å². The molecule has 0 radical (unpaired) electrons. The fourth-order valence-electron chi connectivity index (χ4n) is 3.75. The summed E-state index contributed by atoms with van der Waals surface area (Å²) in [5.74, 6) is -4.13. The highest BCUT2D eigenvalue weighted by molar-refractivity contribution is 5.86. The second kappa shape index (κ2) is 15.2. The number of carbonyl (C=O) groups excluding carboxylic acids is 3.